The van der Waals surface area contributed by atoms with Crippen LogP contribution in [-0.4, -0.2) is 46.5 Å². The molecule has 6 nitrogen and oxygen atoms in total. The van der Waals surface area contributed by atoms with Crippen molar-refractivity contribution in [3.8, 4) is 0 Å². The number of piperazine rings is 1. The van der Waals surface area contributed by atoms with Gasteiger partial charge in [-0.2, -0.15) is 0 Å². The highest BCUT2D eigenvalue weighted by Crippen LogP contribution is 2.30. The van der Waals surface area contributed by atoms with E-state index in [0.29, 0.717) is 28.7 Å². The van der Waals surface area contributed by atoms with E-state index in [1.807, 2.05) is 17.8 Å². The van der Waals surface area contributed by atoms with Gasteiger partial charge < -0.3 is 15.2 Å². The molecule has 1 saturated heterocycles. The number of benzene rings is 1. The summed E-state index contributed by atoms with van der Waals surface area (Å²) in [4.78, 5) is 19.1. The molecular weight excluding hydrogens is 361 g/mol. The highest BCUT2D eigenvalue weighted by Gasteiger charge is 2.27. The molecule has 0 spiro atoms. The fraction of sp³-hybridized carbons (Fsp3) is 0.412. The van der Waals surface area contributed by atoms with Gasteiger partial charge in [0.1, 0.15) is 5.82 Å². The lowest BCUT2D eigenvalue weighted by atomic mass is 10.1. The van der Waals surface area contributed by atoms with E-state index in [0.717, 1.165) is 25.5 Å². The third-order valence-corrected chi connectivity index (χ3v) is 4.99. The number of aryl methyl sites for hydroxylation is 1. The van der Waals surface area contributed by atoms with Crippen LogP contribution in [0, 0.1) is 0 Å². The number of aromatic nitrogens is 2. The summed E-state index contributed by atoms with van der Waals surface area (Å²) in [6.07, 6.45) is 4.10. The predicted octanol–water partition coefficient (Wildman–Crippen LogP) is 2.70. The number of amides is 1. The molecule has 2 aromatic rings. The molecule has 0 radical (unpaired) electrons. The van der Waals surface area contributed by atoms with Gasteiger partial charge in [0.25, 0.3) is 0 Å². The molecule has 1 aromatic heterocycles. The highest BCUT2D eigenvalue weighted by atomic mass is 35.5. The lowest BCUT2D eigenvalue weighted by Crippen LogP contribution is -2.47. The van der Waals surface area contributed by atoms with Crippen molar-refractivity contribution in [2.24, 2.45) is 7.05 Å². The van der Waals surface area contributed by atoms with E-state index in [1.165, 1.54) is 0 Å². The molecule has 1 amide bonds. The number of hydrogen-bond donors (Lipinski definition) is 2. The molecule has 1 atom stereocenters. The Balaban J connectivity index is 1.61. The second-order valence-corrected chi connectivity index (χ2v) is 6.86. The van der Waals surface area contributed by atoms with Crippen molar-refractivity contribution in [3.63, 3.8) is 0 Å². The summed E-state index contributed by atoms with van der Waals surface area (Å²) in [6.45, 7) is 3.24. The summed E-state index contributed by atoms with van der Waals surface area (Å²) in [5, 5.41) is 7.08. The molecule has 1 aliphatic heterocycles. The molecule has 25 heavy (non-hydrogen) atoms. The van der Waals surface area contributed by atoms with Crippen LogP contribution in [0.15, 0.2) is 30.6 Å². The lowest BCUT2D eigenvalue weighted by molar-refractivity contribution is -0.116. The van der Waals surface area contributed by atoms with E-state index in [9.17, 15) is 4.79 Å². The van der Waals surface area contributed by atoms with Gasteiger partial charge in [-0.25, -0.2) is 4.98 Å². The fourth-order valence-electron chi connectivity index (χ4n) is 3.03. The van der Waals surface area contributed by atoms with Gasteiger partial charge in [-0.05, 0) is 12.1 Å². The van der Waals surface area contributed by atoms with Crippen molar-refractivity contribution in [2.75, 3.05) is 31.5 Å². The van der Waals surface area contributed by atoms with Crippen LogP contribution in [-0.2, 0) is 11.8 Å². The first-order valence-corrected chi connectivity index (χ1v) is 8.97. The number of carbonyl (C=O) groups is 1. The molecule has 2 N–H and O–H groups in total. The van der Waals surface area contributed by atoms with Crippen molar-refractivity contribution >= 4 is 34.8 Å². The highest BCUT2D eigenvalue weighted by molar-refractivity contribution is 6.39. The van der Waals surface area contributed by atoms with Crippen molar-refractivity contribution < 1.29 is 4.79 Å². The number of carbonyl (C=O) groups excluding carboxylic acids is 1. The summed E-state index contributed by atoms with van der Waals surface area (Å²) in [5.41, 5.74) is 0.469. The largest absolute Gasteiger partial charge is 0.337 e. The molecule has 0 bridgehead atoms. The zero-order chi connectivity index (χ0) is 17.8. The molecule has 1 aliphatic rings. The SMILES string of the molecule is Cn1ccnc1C1CNCCN1CCC(=O)Nc1c(Cl)cccc1Cl. The monoisotopic (exact) mass is 381 g/mol. The predicted molar refractivity (Wildman–Crippen MR) is 100 cm³/mol. The first-order chi connectivity index (χ1) is 12.1. The number of hydrogen-bond acceptors (Lipinski definition) is 4. The Kier molecular flexibility index (Phi) is 5.96. The van der Waals surface area contributed by atoms with Gasteiger partial charge in [-0.15, -0.1) is 0 Å². The normalized spacial score (nSPS) is 18.3. The third kappa shape index (κ3) is 4.33. The second-order valence-electron chi connectivity index (χ2n) is 6.05. The number of imidazole rings is 1. The van der Waals surface area contributed by atoms with Crippen LogP contribution in [0.5, 0.6) is 0 Å². The van der Waals surface area contributed by atoms with Gasteiger partial charge in [0.15, 0.2) is 0 Å². The van der Waals surface area contributed by atoms with Gasteiger partial charge in [0, 0.05) is 52.0 Å². The van der Waals surface area contributed by atoms with Crippen LogP contribution < -0.4 is 10.6 Å². The van der Waals surface area contributed by atoms with Gasteiger partial charge >= 0.3 is 0 Å². The smallest absolute Gasteiger partial charge is 0.225 e. The molecule has 0 saturated carbocycles. The van der Waals surface area contributed by atoms with Gasteiger partial charge in [-0.1, -0.05) is 29.3 Å². The molecular formula is C17H21Cl2N5O. The maximum Gasteiger partial charge on any atom is 0.225 e. The lowest BCUT2D eigenvalue weighted by Gasteiger charge is -2.35. The maximum atomic E-state index is 12.3. The summed E-state index contributed by atoms with van der Waals surface area (Å²) in [7, 11) is 1.99. The zero-order valence-corrected chi connectivity index (χ0v) is 15.5. The minimum atomic E-state index is -0.105. The molecule has 1 aromatic carbocycles. The number of para-hydroxylation sites is 1. The topological polar surface area (TPSA) is 62.2 Å². The van der Waals surface area contributed by atoms with Gasteiger partial charge in [0.05, 0.1) is 21.8 Å². The van der Waals surface area contributed by atoms with E-state index in [2.05, 4.69) is 20.5 Å². The Morgan fingerprint density at radius 2 is 2.16 bits per heavy atom. The zero-order valence-electron chi connectivity index (χ0n) is 14.0. The Morgan fingerprint density at radius 3 is 2.84 bits per heavy atom. The van der Waals surface area contributed by atoms with E-state index in [4.69, 9.17) is 23.2 Å². The van der Waals surface area contributed by atoms with Crippen LogP contribution in [0.1, 0.15) is 18.3 Å². The van der Waals surface area contributed by atoms with Crippen LogP contribution in [0.2, 0.25) is 10.0 Å². The second kappa shape index (κ2) is 8.19. The number of halogens is 2. The van der Waals surface area contributed by atoms with E-state index >= 15 is 0 Å². The summed E-state index contributed by atoms with van der Waals surface area (Å²) in [6, 6.07) is 5.32. The fourth-order valence-corrected chi connectivity index (χ4v) is 3.52. The maximum absolute atomic E-state index is 12.3. The summed E-state index contributed by atoms with van der Waals surface area (Å²) in [5.74, 6) is 0.897. The average molecular weight is 382 g/mol. The molecule has 2 heterocycles. The number of nitrogens with one attached hydrogen (secondary N) is 2. The number of anilines is 1. The summed E-state index contributed by atoms with van der Waals surface area (Å²) >= 11 is 12.2. The van der Waals surface area contributed by atoms with Gasteiger partial charge in [0.2, 0.25) is 5.91 Å². The number of nitrogens with zero attached hydrogens (tertiary/aromatic N) is 3. The van der Waals surface area contributed by atoms with Crippen molar-refractivity contribution in [2.45, 2.75) is 12.5 Å². The van der Waals surface area contributed by atoms with Crippen LogP contribution in [0.25, 0.3) is 0 Å². The summed E-state index contributed by atoms with van der Waals surface area (Å²) < 4.78 is 2.02. The van der Waals surface area contributed by atoms with Crippen LogP contribution in [0.4, 0.5) is 5.69 Å². The molecule has 8 heteroatoms. The van der Waals surface area contributed by atoms with Gasteiger partial charge in [-0.3, -0.25) is 9.69 Å². The van der Waals surface area contributed by atoms with Crippen LogP contribution >= 0.6 is 23.2 Å². The minimum absolute atomic E-state index is 0.105. The van der Waals surface area contributed by atoms with Crippen LogP contribution in [0.3, 0.4) is 0 Å². The number of rotatable bonds is 5. The minimum Gasteiger partial charge on any atom is -0.337 e. The van der Waals surface area contributed by atoms with Crippen molar-refractivity contribution in [3.05, 3.63) is 46.5 Å². The Bertz CT molecular complexity index is 728. The Labute approximate surface area is 157 Å². The van der Waals surface area contributed by atoms with Crippen molar-refractivity contribution in [1.29, 1.82) is 0 Å². The first-order valence-electron chi connectivity index (χ1n) is 8.22. The van der Waals surface area contributed by atoms with Crippen molar-refractivity contribution in [1.82, 2.24) is 19.8 Å². The quantitative estimate of drug-likeness (QED) is 0.835. The Morgan fingerprint density at radius 1 is 1.40 bits per heavy atom. The average Bonchev–Trinajstić information content (AvgIpc) is 3.02. The third-order valence-electron chi connectivity index (χ3n) is 4.36. The van der Waals surface area contributed by atoms with E-state index in [-0.39, 0.29) is 11.9 Å². The molecule has 3 rings (SSSR count). The molecule has 0 aliphatic carbocycles. The van der Waals surface area contributed by atoms with E-state index < -0.39 is 0 Å². The standard InChI is InChI=1S/C17H21Cl2N5O/c1-23-9-7-21-17(23)14-11-20-6-10-24(14)8-5-15(25)22-16-12(18)3-2-4-13(16)19/h2-4,7,9,14,20H,5-6,8,10-11H2,1H3,(H,22,25). The molecule has 1 fully saturated rings. The molecule has 1 unspecified atom stereocenters. The first kappa shape index (κ1) is 18.2. The van der Waals surface area contributed by atoms with E-state index in [1.54, 1.807) is 24.4 Å². The molecule has 134 valence electrons. The Hall–Kier alpha value is -1.60.